The van der Waals surface area contributed by atoms with Crippen LogP contribution in [0.15, 0.2) is 54.9 Å². The summed E-state index contributed by atoms with van der Waals surface area (Å²) in [5.41, 5.74) is 2.16. The van der Waals surface area contributed by atoms with E-state index >= 15 is 0 Å². The van der Waals surface area contributed by atoms with Gasteiger partial charge in [0.1, 0.15) is 0 Å². The van der Waals surface area contributed by atoms with Gasteiger partial charge in [0.2, 0.25) is 5.91 Å². The zero-order chi connectivity index (χ0) is 18.2. The van der Waals surface area contributed by atoms with E-state index in [1.54, 1.807) is 0 Å². The Balaban J connectivity index is 1.40. The fourth-order valence-electron chi connectivity index (χ4n) is 4.44. The van der Waals surface area contributed by atoms with Crippen LogP contribution in [-0.2, 0) is 11.3 Å². The molecule has 1 aromatic heterocycles. The molecule has 2 saturated heterocycles. The molecule has 2 aromatic carbocycles. The van der Waals surface area contributed by atoms with Crippen LogP contribution in [0.1, 0.15) is 24.8 Å². The van der Waals surface area contributed by atoms with Crippen LogP contribution in [0.3, 0.4) is 0 Å². The van der Waals surface area contributed by atoms with E-state index in [1.807, 2.05) is 30.6 Å². The Labute approximate surface area is 158 Å². The van der Waals surface area contributed by atoms with Crippen molar-refractivity contribution in [1.29, 1.82) is 0 Å². The third-order valence-corrected chi connectivity index (χ3v) is 5.83. The van der Waals surface area contributed by atoms with Crippen LogP contribution in [-0.4, -0.2) is 39.4 Å². The zero-order valence-corrected chi connectivity index (χ0v) is 15.1. The summed E-state index contributed by atoms with van der Waals surface area (Å²) in [5, 5.41) is 5.39. The van der Waals surface area contributed by atoms with E-state index in [0.29, 0.717) is 18.5 Å². The lowest BCUT2D eigenvalue weighted by molar-refractivity contribution is -0.121. The van der Waals surface area contributed by atoms with Crippen molar-refractivity contribution in [3.63, 3.8) is 0 Å². The maximum atomic E-state index is 11.8. The highest BCUT2D eigenvalue weighted by Crippen LogP contribution is 2.30. The fourth-order valence-corrected chi connectivity index (χ4v) is 4.44. The average molecular weight is 358 g/mol. The molecule has 3 aromatic rings. The summed E-state index contributed by atoms with van der Waals surface area (Å²) in [4.78, 5) is 23.6. The number of aromatic nitrogens is 2. The Morgan fingerprint density at radius 1 is 1.00 bits per heavy atom. The van der Waals surface area contributed by atoms with Crippen LogP contribution in [0.4, 0.5) is 0 Å². The molecule has 27 heavy (non-hydrogen) atoms. The molecule has 5 nitrogen and oxygen atoms in total. The molecule has 0 radical (unpaired) electrons. The van der Waals surface area contributed by atoms with Crippen molar-refractivity contribution in [3.8, 4) is 11.4 Å². The highest BCUT2D eigenvalue weighted by molar-refractivity contribution is 5.94. The number of carbonyl (C=O) groups excluding carboxylic acids is 1. The summed E-state index contributed by atoms with van der Waals surface area (Å²) in [6.07, 6.45) is 6.73. The van der Waals surface area contributed by atoms with Gasteiger partial charge in [-0.15, -0.1) is 0 Å². The van der Waals surface area contributed by atoms with E-state index in [-0.39, 0.29) is 5.91 Å². The van der Waals surface area contributed by atoms with Crippen LogP contribution in [0.2, 0.25) is 0 Å². The maximum Gasteiger partial charge on any atom is 0.221 e. The Bertz CT molecular complexity index is 980. The topological polar surface area (TPSA) is 58.1 Å². The summed E-state index contributed by atoms with van der Waals surface area (Å²) in [7, 11) is 0. The highest BCUT2D eigenvalue weighted by Gasteiger charge is 2.37. The monoisotopic (exact) mass is 358 g/mol. The molecule has 5 heteroatoms. The first-order valence-corrected chi connectivity index (χ1v) is 9.59. The van der Waals surface area contributed by atoms with Gasteiger partial charge in [0, 0.05) is 55.1 Å². The van der Waals surface area contributed by atoms with Gasteiger partial charge in [-0.25, -0.2) is 9.97 Å². The molecular weight excluding hydrogens is 336 g/mol. The smallest absolute Gasteiger partial charge is 0.221 e. The third kappa shape index (κ3) is 3.08. The molecule has 2 atom stereocenters. The van der Waals surface area contributed by atoms with E-state index in [0.717, 1.165) is 42.9 Å². The molecule has 1 N–H and O–H groups in total. The molecular formula is C22H22N4O. The van der Waals surface area contributed by atoms with Crippen LogP contribution in [0.5, 0.6) is 0 Å². The Morgan fingerprint density at radius 2 is 1.78 bits per heavy atom. The molecule has 136 valence electrons. The normalized spacial score (nSPS) is 22.6. The lowest BCUT2D eigenvalue weighted by Crippen LogP contribution is -2.37. The van der Waals surface area contributed by atoms with Crippen LogP contribution in [0.25, 0.3) is 22.2 Å². The number of benzene rings is 2. The molecule has 1 amide bonds. The molecule has 5 rings (SSSR count). The molecule has 0 unspecified atom stereocenters. The molecule has 0 saturated carbocycles. The van der Waals surface area contributed by atoms with Crippen LogP contribution >= 0.6 is 0 Å². The lowest BCUT2D eigenvalue weighted by Gasteiger charge is -2.26. The summed E-state index contributed by atoms with van der Waals surface area (Å²) < 4.78 is 0. The Kier molecular flexibility index (Phi) is 4.09. The van der Waals surface area contributed by atoms with Gasteiger partial charge in [-0.2, -0.15) is 0 Å². The van der Waals surface area contributed by atoms with Crippen molar-refractivity contribution in [3.05, 3.63) is 60.4 Å². The molecule has 2 bridgehead atoms. The lowest BCUT2D eigenvalue weighted by atomic mass is 10.0. The number of rotatable bonds is 3. The number of nitrogens with one attached hydrogen (secondary N) is 1. The van der Waals surface area contributed by atoms with Crippen LogP contribution < -0.4 is 5.32 Å². The molecule has 2 aliphatic rings. The van der Waals surface area contributed by atoms with Crippen molar-refractivity contribution in [2.75, 3.05) is 6.54 Å². The highest BCUT2D eigenvalue weighted by atomic mass is 16.1. The van der Waals surface area contributed by atoms with Gasteiger partial charge < -0.3 is 5.32 Å². The second kappa shape index (κ2) is 6.74. The first-order valence-electron chi connectivity index (χ1n) is 9.59. The molecule has 3 heterocycles. The van der Waals surface area contributed by atoms with Crippen molar-refractivity contribution in [2.45, 2.75) is 37.9 Å². The Morgan fingerprint density at radius 3 is 2.67 bits per heavy atom. The van der Waals surface area contributed by atoms with Crippen molar-refractivity contribution in [1.82, 2.24) is 20.2 Å². The quantitative estimate of drug-likeness (QED) is 0.781. The third-order valence-electron chi connectivity index (χ3n) is 5.83. The van der Waals surface area contributed by atoms with Crippen LogP contribution in [0, 0.1) is 0 Å². The van der Waals surface area contributed by atoms with Gasteiger partial charge in [0.25, 0.3) is 0 Å². The van der Waals surface area contributed by atoms with Gasteiger partial charge >= 0.3 is 0 Å². The number of fused-ring (bicyclic) bond motifs is 3. The van der Waals surface area contributed by atoms with E-state index in [9.17, 15) is 4.79 Å². The van der Waals surface area contributed by atoms with Crippen molar-refractivity contribution < 1.29 is 4.79 Å². The van der Waals surface area contributed by atoms with E-state index in [1.165, 1.54) is 10.8 Å². The molecule has 2 aliphatic heterocycles. The fraction of sp³-hybridized carbons (Fsp3) is 0.318. The predicted molar refractivity (Wildman–Crippen MR) is 105 cm³/mol. The average Bonchev–Trinajstić information content (AvgIpc) is 2.99. The van der Waals surface area contributed by atoms with E-state index in [2.05, 4.69) is 44.5 Å². The maximum absolute atomic E-state index is 11.8. The van der Waals surface area contributed by atoms with E-state index < -0.39 is 0 Å². The summed E-state index contributed by atoms with van der Waals surface area (Å²) >= 11 is 0. The SMILES string of the molecule is O=C1C[C@@H]2CC[C@H](CN1)N2Cc1cnc(-c2cccc3ccccc23)nc1. The van der Waals surface area contributed by atoms with Gasteiger partial charge in [0.15, 0.2) is 5.82 Å². The molecule has 2 fully saturated rings. The number of amides is 1. The second-order valence-corrected chi connectivity index (χ2v) is 7.51. The predicted octanol–water partition coefficient (Wildman–Crippen LogP) is 3.15. The minimum absolute atomic E-state index is 0.176. The molecule has 0 spiro atoms. The number of carbonyl (C=O) groups is 1. The van der Waals surface area contributed by atoms with Gasteiger partial charge in [0.05, 0.1) is 0 Å². The first kappa shape index (κ1) is 16.4. The van der Waals surface area contributed by atoms with Gasteiger partial charge in [-0.1, -0.05) is 42.5 Å². The van der Waals surface area contributed by atoms with Crippen molar-refractivity contribution in [2.24, 2.45) is 0 Å². The zero-order valence-electron chi connectivity index (χ0n) is 15.1. The van der Waals surface area contributed by atoms with Crippen molar-refractivity contribution >= 4 is 16.7 Å². The van der Waals surface area contributed by atoms with Gasteiger partial charge in [-0.3, -0.25) is 9.69 Å². The van der Waals surface area contributed by atoms with E-state index in [4.69, 9.17) is 0 Å². The first-order chi connectivity index (χ1) is 13.3. The number of nitrogens with zero attached hydrogens (tertiary/aromatic N) is 3. The largest absolute Gasteiger partial charge is 0.354 e. The minimum atomic E-state index is 0.176. The standard InChI is InChI=1S/C22H22N4O/c27-21-10-17-8-9-18(13-23-21)26(17)14-15-11-24-22(25-12-15)20-7-3-5-16-4-1-2-6-19(16)20/h1-7,11-12,17-18H,8-10,13-14H2,(H,23,27)/t17-,18+/m0/s1. The minimum Gasteiger partial charge on any atom is -0.354 e. The summed E-state index contributed by atoms with van der Waals surface area (Å²) in [5.74, 6) is 0.931. The number of hydrogen-bond donors (Lipinski definition) is 1. The molecule has 0 aliphatic carbocycles. The Hall–Kier alpha value is -2.79. The second-order valence-electron chi connectivity index (χ2n) is 7.51. The number of hydrogen-bond acceptors (Lipinski definition) is 4. The van der Waals surface area contributed by atoms with Gasteiger partial charge in [-0.05, 0) is 23.6 Å². The summed E-state index contributed by atoms with van der Waals surface area (Å²) in [6, 6.07) is 15.3. The summed E-state index contributed by atoms with van der Waals surface area (Å²) in [6.45, 7) is 1.56.